The summed E-state index contributed by atoms with van der Waals surface area (Å²) in [5.74, 6) is 2.18. The quantitative estimate of drug-likeness (QED) is 0.327. The highest BCUT2D eigenvalue weighted by atomic mass is 16.5. The number of carbonyl (C=O) groups is 2. The lowest BCUT2D eigenvalue weighted by molar-refractivity contribution is -0.130. The van der Waals surface area contributed by atoms with Gasteiger partial charge in [-0.2, -0.15) is 0 Å². The first-order valence-corrected chi connectivity index (χ1v) is 14.3. The third-order valence-electron chi connectivity index (χ3n) is 7.72. The summed E-state index contributed by atoms with van der Waals surface area (Å²) in [6, 6.07) is 11.8. The molecule has 0 radical (unpaired) electrons. The number of amides is 3. The second-order valence-corrected chi connectivity index (χ2v) is 10.5. The average molecular weight is 538 g/mol. The highest BCUT2D eigenvalue weighted by molar-refractivity contribution is 5.93. The van der Waals surface area contributed by atoms with E-state index in [9.17, 15) is 9.59 Å². The van der Waals surface area contributed by atoms with Gasteiger partial charge in [0.15, 0.2) is 11.5 Å². The zero-order chi connectivity index (χ0) is 27.8. The van der Waals surface area contributed by atoms with Gasteiger partial charge in [0.2, 0.25) is 5.91 Å². The minimum Gasteiger partial charge on any atom is -0.496 e. The molecule has 4 rings (SSSR count). The van der Waals surface area contributed by atoms with E-state index < -0.39 is 0 Å². The van der Waals surface area contributed by atoms with Crippen LogP contribution in [0.2, 0.25) is 0 Å². The molecule has 2 saturated heterocycles. The minimum absolute atomic E-state index is 0.0484. The minimum atomic E-state index is -0.0484. The highest BCUT2D eigenvalue weighted by Crippen LogP contribution is 2.34. The summed E-state index contributed by atoms with van der Waals surface area (Å²) in [6.45, 7) is 7.48. The summed E-state index contributed by atoms with van der Waals surface area (Å²) in [7, 11) is 3.26. The first-order chi connectivity index (χ1) is 18.9. The molecule has 1 unspecified atom stereocenters. The van der Waals surface area contributed by atoms with Gasteiger partial charge >= 0.3 is 6.03 Å². The van der Waals surface area contributed by atoms with Crippen LogP contribution < -0.4 is 19.1 Å². The normalized spacial score (nSPS) is 17.5. The number of rotatable bonds is 12. The third kappa shape index (κ3) is 6.97. The fourth-order valence-corrected chi connectivity index (χ4v) is 5.46. The maximum atomic E-state index is 13.6. The van der Waals surface area contributed by atoms with Crippen molar-refractivity contribution in [1.29, 1.82) is 0 Å². The van der Waals surface area contributed by atoms with E-state index in [-0.39, 0.29) is 11.9 Å². The molecule has 0 aliphatic carbocycles. The highest BCUT2D eigenvalue weighted by Gasteiger charge is 2.29. The number of hydrogen-bond acceptors (Lipinski definition) is 5. The van der Waals surface area contributed by atoms with Crippen LogP contribution in [-0.4, -0.2) is 68.2 Å². The summed E-state index contributed by atoms with van der Waals surface area (Å²) in [5.41, 5.74) is 2.65. The number of carbonyl (C=O) groups excluding carboxylic acids is 2. The van der Waals surface area contributed by atoms with Crippen molar-refractivity contribution in [3.63, 3.8) is 0 Å². The molecular formula is C31H43N3O5. The third-order valence-corrected chi connectivity index (χ3v) is 7.72. The lowest BCUT2D eigenvalue weighted by Crippen LogP contribution is -2.49. The Hall–Kier alpha value is -3.42. The lowest BCUT2D eigenvalue weighted by atomic mass is 10.1. The van der Waals surface area contributed by atoms with Crippen molar-refractivity contribution in [2.75, 3.05) is 45.4 Å². The predicted molar refractivity (Wildman–Crippen MR) is 153 cm³/mol. The first-order valence-electron chi connectivity index (χ1n) is 14.3. The van der Waals surface area contributed by atoms with Gasteiger partial charge in [-0.15, -0.1) is 0 Å². The lowest BCUT2D eigenvalue weighted by Gasteiger charge is -2.36. The molecule has 8 nitrogen and oxygen atoms in total. The number of hydrogen-bond donors (Lipinski definition) is 0. The molecule has 0 aromatic heterocycles. The Morgan fingerprint density at radius 3 is 2.49 bits per heavy atom. The van der Waals surface area contributed by atoms with Crippen molar-refractivity contribution in [3.8, 4) is 17.2 Å². The molecule has 2 aromatic rings. The molecule has 0 saturated carbocycles. The van der Waals surface area contributed by atoms with E-state index in [4.69, 9.17) is 14.2 Å². The van der Waals surface area contributed by atoms with Crippen LogP contribution in [0.5, 0.6) is 17.2 Å². The van der Waals surface area contributed by atoms with Gasteiger partial charge in [-0.05, 0) is 56.4 Å². The zero-order valence-corrected chi connectivity index (χ0v) is 23.9. The molecule has 1 atom stereocenters. The first kappa shape index (κ1) is 28.6. The molecule has 0 N–H and O–H groups in total. The summed E-state index contributed by atoms with van der Waals surface area (Å²) < 4.78 is 17.2. The number of methoxy groups -OCH3 is 2. The van der Waals surface area contributed by atoms with Crippen LogP contribution in [0, 0.1) is 0 Å². The van der Waals surface area contributed by atoms with E-state index in [1.807, 2.05) is 46.2 Å². The van der Waals surface area contributed by atoms with E-state index in [1.54, 1.807) is 19.1 Å². The molecule has 0 spiro atoms. The van der Waals surface area contributed by atoms with Gasteiger partial charge in [0, 0.05) is 43.0 Å². The van der Waals surface area contributed by atoms with Crippen molar-refractivity contribution in [1.82, 2.24) is 9.80 Å². The molecule has 2 fully saturated rings. The van der Waals surface area contributed by atoms with Crippen LogP contribution in [0.3, 0.4) is 0 Å². The predicted octanol–water partition coefficient (Wildman–Crippen LogP) is 5.66. The Bertz CT molecular complexity index is 1140. The van der Waals surface area contributed by atoms with Crippen molar-refractivity contribution >= 4 is 17.6 Å². The van der Waals surface area contributed by atoms with Gasteiger partial charge in [0.1, 0.15) is 5.75 Å². The van der Waals surface area contributed by atoms with Crippen LogP contribution in [0.4, 0.5) is 10.5 Å². The van der Waals surface area contributed by atoms with Crippen LogP contribution in [0.15, 0.2) is 36.4 Å². The van der Waals surface area contributed by atoms with E-state index in [1.165, 1.54) is 0 Å². The Morgan fingerprint density at radius 1 is 0.949 bits per heavy atom. The number of urea groups is 1. The molecule has 212 valence electrons. The number of nitrogens with zero attached hydrogens (tertiary/aromatic N) is 3. The Morgan fingerprint density at radius 2 is 1.77 bits per heavy atom. The average Bonchev–Trinajstić information content (AvgIpc) is 3.38. The number of ether oxygens (including phenoxy) is 3. The van der Waals surface area contributed by atoms with Gasteiger partial charge in [-0.25, -0.2) is 4.79 Å². The van der Waals surface area contributed by atoms with Crippen molar-refractivity contribution < 1.29 is 23.8 Å². The molecule has 8 heteroatoms. The second-order valence-electron chi connectivity index (χ2n) is 10.5. The SMILES string of the molecule is CCCCCOc1cc(N2CCCN(Cc3ccc(CC(=O)N4CCCC4C)cc3OC)C2=O)ccc1OC. The summed E-state index contributed by atoms with van der Waals surface area (Å²) in [4.78, 5) is 32.0. The molecular weight excluding hydrogens is 494 g/mol. The molecule has 2 aliphatic rings. The summed E-state index contributed by atoms with van der Waals surface area (Å²) in [6.07, 6.45) is 6.57. The van der Waals surface area contributed by atoms with Gasteiger partial charge in [-0.3, -0.25) is 9.69 Å². The van der Waals surface area contributed by atoms with Gasteiger partial charge < -0.3 is 24.0 Å². The largest absolute Gasteiger partial charge is 0.496 e. The Labute approximate surface area is 232 Å². The fraction of sp³-hybridized carbons (Fsp3) is 0.548. The fourth-order valence-electron chi connectivity index (χ4n) is 5.46. The van der Waals surface area contributed by atoms with E-state index in [0.717, 1.165) is 61.9 Å². The number of anilines is 1. The number of unbranched alkanes of at least 4 members (excludes halogenated alkanes) is 2. The Kier molecular flexibility index (Phi) is 9.96. The van der Waals surface area contributed by atoms with Crippen LogP contribution in [0.1, 0.15) is 63.5 Å². The maximum Gasteiger partial charge on any atom is 0.324 e. The molecule has 2 aromatic carbocycles. The maximum absolute atomic E-state index is 13.6. The second kappa shape index (κ2) is 13.6. The van der Waals surface area contributed by atoms with Crippen molar-refractivity contribution in [3.05, 3.63) is 47.5 Å². The topological polar surface area (TPSA) is 71.5 Å². The molecule has 3 amide bonds. The monoisotopic (exact) mass is 537 g/mol. The van der Waals surface area contributed by atoms with E-state index in [2.05, 4.69) is 13.8 Å². The summed E-state index contributed by atoms with van der Waals surface area (Å²) >= 11 is 0. The number of benzene rings is 2. The van der Waals surface area contributed by atoms with Crippen molar-refractivity contribution in [2.24, 2.45) is 0 Å². The van der Waals surface area contributed by atoms with Crippen molar-refractivity contribution in [2.45, 2.75) is 71.4 Å². The molecule has 0 bridgehead atoms. The number of likely N-dealkylation sites (tertiary alicyclic amines) is 1. The molecule has 39 heavy (non-hydrogen) atoms. The smallest absolute Gasteiger partial charge is 0.324 e. The Balaban J connectivity index is 1.44. The van der Waals surface area contributed by atoms with Gasteiger partial charge in [0.25, 0.3) is 0 Å². The zero-order valence-electron chi connectivity index (χ0n) is 23.9. The van der Waals surface area contributed by atoms with Crippen LogP contribution >= 0.6 is 0 Å². The van der Waals surface area contributed by atoms with E-state index in [0.29, 0.717) is 56.0 Å². The van der Waals surface area contributed by atoms with Crippen LogP contribution in [0.25, 0.3) is 0 Å². The van der Waals surface area contributed by atoms with Gasteiger partial charge in [-0.1, -0.05) is 31.9 Å². The van der Waals surface area contributed by atoms with Crippen LogP contribution in [-0.2, 0) is 17.8 Å². The summed E-state index contributed by atoms with van der Waals surface area (Å²) in [5, 5.41) is 0. The molecule has 2 aliphatic heterocycles. The van der Waals surface area contributed by atoms with Gasteiger partial charge in [0.05, 0.1) is 33.8 Å². The standard InChI is InChI=1S/C31H43N3O5/c1-5-6-7-18-39-29-21-26(13-14-27(29)37-3)34-17-9-15-32(31(34)36)22-25-12-11-24(19-28(25)38-4)20-30(35)33-16-8-10-23(33)2/h11-14,19,21,23H,5-10,15-18,20,22H2,1-4H3. The van der Waals surface area contributed by atoms with E-state index >= 15 is 0 Å². The molecule has 2 heterocycles.